The van der Waals surface area contributed by atoms with Crippen LogP contribution in [0.25, 0.3) is 0 Å². The Hall–Kier alpha value is -1.32. The van der Waals surface area contributed by atoms with Gasteiger partial charge < -0.3 is 5.32 Å². The van der Waals surface area contributed by atoms with Gasteiger partial charge in [-0.05, 0) is 32.8 Å². The Morgan fingerprint density at radius 2 is 2.12 bits per heavy atom. The van der Waals surface area contributed by atoms with E-state index in [2.05, 4.69) is 24.3 Å². The van der Waals surface area contributed by atoms with Gasteiger partial charge in [-0.15, -0.1) is 0 Å². The molecule has 0 radical (unpaired) electrons. The number of hydrogen-bond donors (Lipinski definition) is 1. The number of carbonyl (C=O) groups excluding carboxylic acids is 1. The number of carbonyl (C=O) groups is 1. The van der Waals surface area contributed by atoms with Crippen LogP contribution in [0.4, 0.5) is 0 Å². The van der Waals surface area contributed by atoms with Crippen LogP contribution in [0.2, 0.25) is 0 Å². The maximum absolute atomic E-state index is 11.9. The van der Waals surface area contributed by atoms with Crippen molar-refractivity contribution in [2.45, 2.75) is 52.6 Å². The molecule has 0 saturated heterocycles. The van der Waals surface area contributed by atoms with Gasteiger partial charge in [0, 0.05) is 12.2 Å². The van der Waals surface area contributed by atoms with Crippen LogP contribution in [0.1, 0.15) is 45.3 Å². The standard InChI is InChI=1S/C12H21N3O/c1-5-11(6-2)13-12(16)10(4)15-8-7-9(3)14-15/h7-8,10-11H,5-6H2,1-4H3,(H,13,16). The second kappa shape index (κ2) is 5.68. The molecule has 16 heavy (non-hydrogen) atoms. The van der Waals surface area contributed by atoms with Crippen LogP contribution in [-0.4, -0.2) is 21.7 Å². The highest BCUT2D eigenvalue weighted by molar-refractivity contribution is 5.80. The number of nitrogens with zero attached hydrogens (tertiary/aromatic N) is 2. The average molecular weight is 223 g/mol. The predicted octanol–water partition coefficient (Wildman–Crippen LogP) is 2.06. The Labute approximate surface area is 97.0 Å². The second-order valence-electron chi connectivity index (χ2n) is 4.14. The Morgan fingerprint density at radius 3 is 2.56 bits per heavy atom. The van der Waals surface area contributed by atoms with E-state index in [0.717, 1.165) is 18.5 Å². The lowest BCUT2D eigenvalue weighted by Crippen LogP contribution is -2.38. The molecular weight excluding hydrogens is 202 g/mol. The molecule has 0 aromatic carbocycles. The van der Waals surface area contributed by atoms with Crippen LogP contribution in [0, 0.1) is 6.92 Å². The molecule has 1 N–H and O–H groups in total. The van der Waals surface area contributed by atoms with Crippen molar-refractivity contribution in [3.05, 3.63) is 18.0 Å². The summed E-state index contributed by atoms with van der Waals surface area (Å²) in [6, 6.07) is 1.93. The van der Waals surface area contributed by atoms with Crippen LogP contribution < -0.4 is 5.32 Å². The number of rotatable bonds is 5. The molecule has 0 aliphatic carbocycles. The number of amides is 1. The summed E-state index contributed by atoms with van der Waals surface area (Å²) in [5, 5.41) is 7.27. The molecule has 4 nitrogen and oxygen atoms in total. The number of nitrogens with one attached hydrogen (secondary N) is 1. The summed E-state index contributed by atoms with van der Waals surface area (Å²) in [6.45, 7) is 7.94. The summed E-state index contributed by atoms with van der Waals surface area (Å²) in [6.07, 6.45) is 3.77. The molecule has 1 rings (SSSR count). The van der Waals surface area contributed by atoms with Gasteiger partial charge in [-0.2, -0.15) is 5.10 Å². The van der Waals surface area contributed by atoms with Gasteiger partial charge in [0.05, 0.1) is 5.69 Å². The fraction of sp³-hybridized carbons (Fsp3) is 0.667. The lowest BCUT2D eigenvalue weighted by atomic mass is 10.1. The molecule has 1 aromatic heterocycles. The Kier molecular flexibility index (Phi) is 4.52. The van der Waals surface area contributed by atoms with Gasteiger partial charge >= 0.3 is 0 Å². The Morgan fingerprint density at radius 1 is 1.50 bits per heavy atom. The fourth-order valence-electron chi connectivity index (χ4n) is 1.58. The zero-order valence-electron chi connectivity index (χ0n) is 10.5. The molecule has 0 spiro atoms. The number of aryl methyl sites for hydroxylation is 1. The number of aromatic nitrogens is 2. The first-order chi connectivity index (χ1) is 7.58. The van der Waals surface area contributed by atoms with E-state index in [4.69, 9.17) is 0 Å². The summed E-state index contributed by atoms with van der Waals surface area (Å²) in [5.74, 6) is 0.0387. The average Bonchev–Trinajstić information content (AvgIpc) is 2.71. The van der Waals surface area contributed by atoms with Crippen molar-refractivity contribution in [2.75, 3.05) is 0 Å². The molecule has 0 aliphatic rings. The first-order valence-corrected chi connectivity index (χ1v) is 5.90. The quantitative estimate of drug-likeness (QED) is 0.830. The van der Waals surface area contributed by atoms with Crippen molar-refractivity contribution < 1.29 is 4.79 Å². The predicted molar refractivity (Wildman–Crippen MR) is 64.2 cm³/mol. The third-order valence-electron chi connectivity index (χ3n) is 2.85. The zero-order valence-corrected chi connectivity index (χ0v) is 10.5. The molecular formula is C12H21N3O. The highest BCUT2D eigenvalue weighted by atomic mass is 16.2. The first-order valence-electron chi connectivity index (χ1n) is 5.90. The van der Waals surface area contributed by atoms with Gasteiger partial charge in [0.2, 0.25) is 5.91 Å². The van der Waals surface area contributed by atoms with Gasteiger partial charge in [0.15, 0.2) is 0 Å². The SMILES string of the molecule is CCC(CC)NC(=O)C(C)n1ccc(C)n1. The summed E-state index contributed by atoms with van der Waals surface area (Å²) in [7, 11) is 0. The lowest BCUT2D eigenvalue weighted by molar-refractivity contribution is -0.124. The van der Waals surface area contributed by atoms with Crippen LogP contribution in [0.15, 0.2) is 12.3 Å². The molecule has 0 fully saturated rings. The highest BCUT2D eigenvalue weighted by Crippen LogP contribution is 2.07. The fourth-order valence-corrected chi connectivity index (χ4v) is 1.58. The van der Waals surface area contributed by atoms with Crippen molar-refractivity contribution in [1.29, 1.82) is 0 Å². The van der Waals surface area contributed by atoms with E-state index in [1.807, 2.05) is 26.1 Å². The van der Waals surface area contributed by atoms with E-state index in [9.17, 15) is 4.79 Å². The van der Waals surface area contributed by atoms with Crippen LogP contribution in [-0.2, 0) is 4.79 Å². The van der Waals surface area contributed by atoms with Gasteiger partial charge in [0.1, 0.15) is 6.04 Å². The molecule has 1 aromatic rings. The van der Waals surface area contributed by atoms with Crippen molar-refractivity contribution in [3.63, 3.8) is 0 Å². The maximum atomic E-state index is 11.9. The largest absolute Gasteiger partial charge is 0.352 e. The third kappa shape index (κ3) is 3.08. The van der Waals surface area contributed by atoms with E-state index in [-0.39, 0.29) is 18.0 Å². The normalized spacial score (nSPS) is 12.8. The monoisotopic (exact) mass is 223 g/mol. The van der Waals surface area contributed by atoms with Crippen LogP contribution >= 0.6 is 0 Å². The summed E-state index contributed by atoms with van der Waals surface area (Å²) in [4.78, 5) is 11.9. The molecule has 0 bridgehead atoms. The van der Waals surface area contributed by atoms with Crippen molar-refractivity contribution >= 4 is 5.91 Å². The van der Waals surface area contributed by atoms with Crippen molar-refractivity contribution in [2.24, 2.45) is 0 Å². The molecule has 90 valence electrons. The van der Waals surface area contributed by atoms with Crippen molar-refractivity contribution in [1.82, 2.24) is 15.1 Å². The van der Waals surface area contributed by atoms with E-state index in [1.165, 1.54) is 0 Å². The summed E-state index contributed by atoms with van der Waals surface area (Å²) in [5.41, 5.74) is 0.933. The number of hydrogen-bond acceptors (Lipinski definition) is 2. The van der Waals surface area contributed by atoms with Crippen molar-refractivity contribution in [3.8, 4) is 0 Å². The van der Waals surface area contributed by atoms with Gasteiger partial charge in [0.25, 0.3) is 0 Å². The highest BCUT2D eigenvalue weighted by Gasteiger charge is 2.17. The molecule has 4 heteroatoms. The minimum atomic E-state index is -0.241. The maximum Gasteiger partial charge on any atom is 0.244 e. The first kappa shape index (κ1) is 12.7. The van der Waals surface area contributed by atoms with E-state index in [1.54, 1.807) is 4.68 Å². The molecule has 1 heterocycles. The Balaban J connectivity index is 2.60. The minimum Gasteiger partial charge on any atom is -0.352 e. The lowest BCUT2D eigenvalue weighted by Gasteiger charge is -2.18. The second-order valence-corrected chi connectivity index (χ2v) is 4.14. The topological polar surface area (TPSA) is 46.9 Å². The molecule has 1 amide bonds. The smallest absolute Gasteiger partial charge is 0.244 e. The molecule has 1 unspecified atom stereocenters. The van der Waals surface area contributed by atoms with Gasteiger partial charge in [-0.3, -0.25) is 9.48 Å². The molecule has 0 aliphatic heterocycles. The van der Waals surface area contributed by atoms with E-state index < -0.39 is 0 Å². The summed E-state index contributed by atoms with van der Waals surface area (Å²) >= 11 is 0. The van der Waals surface area contributed by atoms with Gasteiger partial charge in [-0.25, -0.2) is 0 Å². The van der Waals surface area contributed by atoms with E-state index in [0.29, 0.717) is 0 Å². The Bertz CT molecular complexity index is 342. The zero-order chi connectivity index (χ0) is 12.1. The minimum absolute atomic E-state index is 0.0387. The van der Waals surface area contributed by atoms with Crippen LogP contribution in [0.5, 0.6) is 0 Å². The van der Waals surface area contributed by atoms with Crippen LogP contribution in [0.3, 0.4) is 0 Å². The van der Waals surface area contributed by atoms with E-state index >= 15 is 0 Å². The third-order valence-corrected chi connectivity index (χ3v) is 2.85. The van der Waals surface area contributed by atoms with Gasteiger partial charge in [-0.1, -0.05) is 13.8 Å². The molecule has 0 saturated carbocycles. The summed E-state index contributed by atoms with van der Waals surface area (Å²) < 4.78 is 1.70. The molecule has 1 atom stereocenters.